The largest absolute Gasteiger partial charge is 0.379 e. The van der Waals surface area contributed by atoms with Crippen LogP contribution in [-0.2, 0) is 43.1 Å². The molecule has 1 aliphatic rings. The van der Waals surface area contributed by atoms with Gasteiger partial charge in [-0.2, -0.15) is 0 Å². The van der Waals surface area contributed by atoms with Crippen LogP contribution in [0.4, 0.5) is 0 Å². The molecule has 1 saturated heterocycles. The van der Waals surface area contributed by atoms with E-state index in [1.807, 2.05) is 34.6 Å². The zero-order valence-electron chi connectivity index (χ0n) is 40.9. The molecule has 1 fully saturated rings. The Kier molecular flexibility index (Phi) is 25.4. The number of rotatable bonds is 26. The Morgan fingerprint density at radius 3 is 1.79 bits per heavy atom. The highest BCUT2D eigenvalue weighted by Crippen LogP contribution is 2.24. The van der Waals surface area contributed by atoms with E-state index in [2.05, 4.69) is 26.2 Å². The lowest BCUT2D eigenvalue weighted by Crippen LogP contribution is -2.61. The Bertz CT molecular complexity index is 1530. The van der Waals surface area contributed by atoms with E-state index in [0.717, 1.165) is 26.1 Å². The van der Waals surface area contributed by atoms with Crippen LogP contribution in [0.3, 0.4) is 0 Å². The topological polar surface area (TPSA) is 210 Å². The maximum absolute atomic E-state index is 14.4. The maximum Gasteiger partial charge on any atom is 0.256 e. The highest BCUT2D eigenvalue weighted by Gasteiger charge is 2.41. The van der Waals surface area contributed by atoms with Gasteiger partial charge >= 0.3 is 0 Å². The van der Waals surface area contributed by atoms with Gasteiger partial charge in [0.2, 0.25) is 41.4 Å². The molecule has 0 aromatic carbocycles. The van der Waals surface area contributed by atoms with Crippen LogP contribution < -0.4 is 21.3 Å². The fraction of sp³-hybridized carbons (Fsp3) is 0.818. The summed E-state index contributed by atoms with van der Waals surface area (Å²) >= 11 is 1.38. The number of carbonyl (C=O) groups excluding carboxylic acids is 8. The van der Waals surface area contributed by atoms with Gasteiger partial charge in [-0.05, 0) is 70.1 Å². The fourth-order valence-corrected chi connectivity index (χ4v) is 8.37. The second-order valence-electron chi connectivity index (χ2n) is 17.6. The predicted molar refractivity (Wildman–Crippen MR) is 246 cm³/mol. The molecule has 1 heterocycles. The highest BCUT2D eigenvalue weighted by atomic mass is 32.2. The monoisotopic (exact) mass is 912 g/mol. The third-order valence-corrected chi connectivity index (χ3v) is 13.1. The summed E-state index contributed by atoms with van der Waals surface area (Å²) in [6.07, 6.45) is 2.48. The average Bonchev–Trinajstić information content (AvgIpc) is 3.25. The molecule has 18 nitrogen and oxygen atoms in total. The van der Waals surface area contributed by atoms with Gasteiger partial charge in [-0.1, -0.05) is 54.9 Å². The highest BCUT2D eigenvalue weighted by molar-refractivity contribution is 8.00. The summed E-state index contributed by atoms with van der Waals surface area (Å²) in [5, 5.41) is 9.83. The van der Waals surface area contributed by atoms with Crippen LogP contribution in [0.15, 0.2) is 0 Å². The Labute approximate surface area is 381 Å². The molecule has 0 saturated carbocycles. The molecule has 0 radical (unpaired) electrons. The summed E-state index contributed by atoms with van der Waals surface area (Å²) < 4.78 is 5.46. The zero-order valence-corrected chi connectivity index (χ0v) is 41.7. The number of amides is 8. The summed E-state index contributed by atoms with van der Waals surface area (Å²) in [4.78, 5) is 116. The van der Waals surface area contributed by atoms with Crippen LogP contribution in [0.2, 0.25) is 0 Å². The van der Waals surface area contributed by atoms with E-state index >= 15 is 0 Å². The fourth-order valence-electron chi connectivity index (χ4n) is 7.20. The van der Waals surface area contributed by atoms with Crippen LogP contribution in [-0.4, -0.2) is 187 Å². The quantitative estimate of drug-likeness (QED) is 0.0723. The van der Waals surface area contributed by atoms with Crippen molar-refractivity contribution in [1.82, 2.24) is 45.8 Å². The number of hydrogen-bond donors (Lipinski definition) is 4. The first-order valence-electron chi connectivity index (χ1n) is 22.6. The molecule has 0 aliphatic carbocycles. The third kappa shape index (κ3) is 17.5. The Hall–Kier alpha value is -3.97. The number of nitrogens with zero attached hydrogens (tertiary/aromatic N) is 5. The zero-order chi connectivity index (χ0) is 48.3. The summed E-state index contributed by atoms with van der Waals surface area (Å²) in [6, 6.07) is -5.98. The van der Waals surface area contributed by atoms with Gasteiger partial charge in [-0.3, -0.25) is 43.3 Å². The molecule has 0 bridgehead atoms. The van der Waals surface area contributed by atoms with Crippen molar-refractivity contribution >= 4 is 59.0 Å². The van der Waals surface area contributed by atoms with E-state index < -0.39 is 77.1 Å². The van der Waals surface area contributed by atoms with Gasteiger partial charge in [-0.25, -0.2) is 0 Å². The maximum atomic E-state index is 14.4. The molecule has 63 heavy (non-hydrogen) atoms. The first-order valence-corrected chi connectivity index (χ1v) is 23.6. The number of nitrogens with one attached hydrogen (secondary N) is 4. The first kappa shape index (κ1) is 57.0. The van der Waals surface area contributed by atoms with Gasteiger partial charge in [-0.15, -0.1) is 11.8 Å². The van der Waals surface area contributed by atoms with E-state index in [9.17, 15) is 38.4 Å². The molecule has 362 valence electrons. The van der Waals surface area contributed by atoms with E-state index in [0.29, 0.717) is 31.8 Å². The molecule has 0 aromatic heterocycles. The summed E-state index contributed by atoms with van der Waals surface area (Å²) in [6.45, 7) is 21.4. The predicted octanol–water partition coefficient (Wildman–Crippen LogP) is 1.52. The SMILES string of the molecule is CCCC(=O)N(C)[C@H](SCCCN1CCOCC1)C(=O)N(C)[C@H](C(=O)N[C@H](C(=O)N(C)[C@@H](CC(C)C)C(=O)N[C@H](C)C(=O)N[C@@H](C)C(=O)N(C)[C@H](C)C(=O)NC)C(C)C)C(C)CC. The first-order chi connectivity index (χ1) is 29.5. The van der Waals surface area contributed by atoms with E-state index in [-0.39, 0.29) is 42.4 Å². The molecular formula is C44H81N9O9S. The van der Waals surface area contributed by atoms with Crippen molar-refractivity contribution in [1.29, 1.82) is 0 Å². The number of likely N-dealkylation sites (N-methyl/N-ethyl adjacent to an activating group) is 5. The number of carbonyl (C=O) groups is 8. The lowest BCUT2D eigenvalue weighted by atomic mass is 9.94. The van der Waals surface area contributed by atoms with Crippen molar-refractivity contribution in [3.05, 3.63) is 0 Å². The summed E-state index contributed by atoms with van der Waals surface area (Å²) in [5.74, 6) is -3.91. The Morgan fingerprint density at radius 1 is 0.683 bits per heavy atom. The molecule has 8 atom stereocenters. The van der Waals surface area contributed by atoms with Crippen molar-refractivity contribution in [2.24, 2.45) is 17.8 Å². The second kappa shape index (κ2) is 28.0. The smallest absolute Gasteiger partial charge is 0.256 e. The number of thioether (sulfide) groups is 1. The van der Waals surface area contributed by atoms with Crippen LogP contribution in [0, 0.1) is 17.8 Å². The van der Waals surface area contributed by atoms with E-state index in [1.54, 1.807) is 34.9 Å². The van der Waals surface area contributed by atoms with Crippen molar-refractivity contribution in [2.45, 2.75) is 143 Å². The summed E-state index contributed by atoms with van der Waals surface area (Å²) in [7, 11) is 7.59. The minimum absolute atomic E-state index is 0.0512. The van der Waals surface area contributed by atoms with Gasteiger partial charge in [0.15, 0.2) is 5.37 Å². The molecule has 19 heteroatoms. The normalized spacial score (nSPS) is 16.9. The van der Waals surface area contributed by atoms with Crippen molar-refractivity contribution in [3.8, 4) is 0 Å². The average molecular weight is 912 g/mol. The van der Waals surface area contributed by atoms with Gasteiger partial charge in [0.1, 0.15) is 36.3 Å². The number of hydrogen-bond acceptors (Lipinski definition) is 11. The van der Waals surface area contributed by atoms with Gasteiger partial charge in [0.05, 0.1) is 13.2 Å². The lowest BCUT2D eigenvalue weighted by molar-refractivity contribution is -0.148. The standard InChI is InChI=1S/C44H81N9O9S/c1-16-19-34(54)51(14)44(63-25-18-20-53-21-23-62-24-22-53)43(61)52(15)36(29(7)17-2)40(58)48-35(28(5)6)42(60)50(13)33(26-27(3)4)39(57)46-30(8)37(55)47-31(9)41(59)49(12)32(10)38(56)45-11/h27-33,35-36,44H,16-26H2,1-15H3,(H,45,56)(H,46,57)(H,47,55)(H,48,58)/t29?,30-,31+,32-,33+,35+,36+,44-/m1/s1. The van der Waals surface area contributed by atoms with Crippen molar-refractivity contribution < 1.29 is 43.1 Å². The Balaban J connectivity index is 3.29. The van der Waals surface area contributed by atoms with E-state index in [1.165, 1.54) is 66.4 Å². The molecule has 1 aliphatic heterocycles. The number of morpholine rings is 1. The van der Waals surface area contributed by atoms with Gasteiger partial charge in [0, 0.05) is 54.7 Å². The lowest BCUT2D eigenvalue weighted by Gasteiger charge is -2.38. The molecule has 1 rings (SSSR count). The van der Waals surface area contributed by atoms with Crippen LogP contribution in [0.1, 0.15) is 101 Å². The van der Waals surface area contributed by atoms with Crippen LogP contribution >= 0.6 is 11.8 Å². The minimum atomic E-state index is -1.10. The molecule has 4 N–H and O–H groups in total. The Morgan fingerprint density at radius 2 is 1.27 bits per heavy atom. The van der Waals surface area contributed by atoms with Crippen LogP contribution in [0.25, 0.3) is 0 Å². The van der Waals surface area contributed by atoms with Gasteiger partial charge in [0.25, 0.3) is 5.91 Å². The summed E-state index contributed by atoms with van der Waals surface area (Å²) in [5.41, 5.74) is 0. The molecule has 0 spiro atoms. The third-order valence-electron chi connectivity index (χ3n) is 11.7. The van der Waals surface area contributed by atoms with Crippen molar-refractivity contribution in [3.63, 3.8) is 0 Å². The van der Waals surface area contributed by atoms with Crippen molar-refractivity contribution in [2.75, 3.05) is 73.8 Å². The number of ether oxygens (including phenoxy) is 1. The molecule has 0 aromatic rings. The minimum Gasteiger partial charge on any atom is -0.379 e. The molecular weight excluding hydrogens is 831 g/mol. The second-order valence-corrected chi connectivity index (χ2v) is 18.8. The van der Waals surface area contributed by atoms with Gasteiger partial charge < -0.3 is 45.6 Å². The molecule has 1 unspecified atom stereocenters. The van der Waals surface area contributed by atoms with Crippen LogP contribution in [0.5, 0.6) is 0 Å². The molecule has 8 amide bonds. The van der Waals surface area contributed by atoms with E-state index in [4.69, 9.17) is 4.74 Å².